The number of benzene rings is 1. The Hall–Kier alpha value is -0.280. The molecule has 1 aromatic rings. The van der Waals surface area contributed by atoms with Gasteiger partial charge in [-0.1, -0.05) is 23.2 Å². The number of nitrogens with zero attached hydrogens (tertiary/aromatic N) is 1. The molecule has 0 radical (unpaired) electrons. The van der Waals surface area contributed by atoms with Crippen LogP contribution in [0.15, 0.2) is 23.2 Å². The number of hydrogen-bond donors (Lipinski definition) is 4. The van der Waals surface area contributed by atoms with Gasteiger partial charge < -0.3 is 20.8 Å². The topological polar surface area (TPSA) is 76.9 Å². The Morgan fingerprint density at radius 1 is 1.26 bits per heavy atom. The molecule has 1 fully saturated rings. The molecule has 0 amide bonds. The first-order valence-electron chi connectivity index (χ1n) is 7.23. The van der Waals surface area contributed by atoms with Crippen molar-refractivity contribution in [1.29, 1.82) is 0 Å². The standard InChI is InChI=1S/C15H21Cl2N3O2.HI/c1-18-14(20-9-15(22)3-2-4-15)19-8-13(21)10-5-11(16)7-12(17)6-10;/h5-7,13,21-22H,2-4,8-9H2,1H3,(H2,18,19,20);1H. The smallest absolute Gasteiger partial charge is 0.191 e. The second kappa shape index (κ2) is 9.27. The highest BCUT2D eigenvalue weighted by molar-refractivity contribution is 14.0. The highest BCUT2D eigenvalue weighted by Gasteiger charge is 2.34. The zero-order chi connectivity index (χ0) is 16.2. The Morgan fingerprint density at radius 2 is 1.87 bits per heavy atom. The maximum Gasteiger partial charge on any atom is 0.191 e. The number of nitrogens with one attached hydrogen (secondary N) is 2. The lowest BCUT2D eigenvalue weighted by Crippen LogP contribution is -2.51. The van der Waals surface area contributed by atoms with Crippen LogP contribution in [-0.2, 0) is 0 Å². The third-order valence-electron chi connectivity index (χ3n) is 3.83. The van der Waals surface area contributed by atoms with Crippen LogP contribution in [0.25, 0.3) is 0 Å². The summed E-state index contributed by atoms with van der Waals surface area (Å²) in [6.07, 6.45) is 1.90. The summed E-state index contributed by atoms with van der Waals surface area (Å²) in [5.41, 5.74) is 0.00885. The van der Waals surface area contributed by atoms with E-state index in [1.807, 2.05) is 0 Å². The van der Waals surface area contributed by atoms with Crippen molar-refractivity contribution >= 4 is 53.1 Å². The molecule has 8 heteroatoms. The molecule has 130 valence electrons. The largest absolute Gasteiger partial charge is 0.388 e. The lowest BCUT2D eigenvalue weighted by Gasteiger charge is -2.37. The average molecular weight is 474 g/mol. The number of hydrogen-bond acceptors (Lipinski definition) is 3. The number of rotatable bonds is 5. The minimum atomic E-state index is -0.762. The van der Waals surface area contributed by atoms with Crippen LogP contribution in [-0.4, -0.2) is 41.9 Å². The molecular formula is C15H22Cl2IN3O2. The molecule has 1 saturated carbocycles. The summed E-state index contributed by atoms with van der Waals surface area (Å²) in [5.74, 6) is 0.535. The number of guanidine groups is 1. The van der Waals surface area contributed by atoms with Crippen molar-refractivity contribution in [3.05, 3.63) is 33.8 Å². The van der Waals surface area contributed by atoms with Gasteiger partial charge >= 0.3 is 0 Å². The van der Waals surface area contributed by atoms with E-state index in [9.17, 15) is 10.2 Å². The monoisotopic (exact) mass is 473 g/mol. The van der Waals surface area contributed by atoms with Crippen molar-refractivity contribution < 1.29 is 10.2 Å². The number of aliphatic imine (C=N–C) groups is 1. The molecule has 0 heterocycles. The molecular weight excluding hydrogens is 452 g/mol. The second-order valence-corrected chi connectivity index (χ2v) is 6.48. The molecule has 1 aliphatic carbocycles. The fourth-order valence-corrected chi connectivity index (χ4v) is 2.85. The summed E-state index contributed by atoms with van der Waals surface area (Å²) in [6.45, 7) is 0.709. The van der Waals surface area contributed by atoms with E-state index in [2.05, 4.69) is 15.6 Å². The van der Waals surface area contributed by atoms with Gasteiger partial charge in [-0.15, -0.1) is 24.0 Å². The van der Waals surface area contributed by atoms with E-state index in [1.54, 1.807) is 25.2 Å². The first-order chi connectivity index (χ1) is 10.4. The fraction of sp³-hybridized carbons (Fsp3) is 0.533. The van der Waals surface area contributed by atoms with E-state index < -0.39 is 11.7 Å². The third-order valence-corrected chi connectivity index (χ3v) is 4.26. The maximum atomic E-state index is 10.2. The first kappa shape index (κ1) is 20.8. The van der Waals surface area contributed by atoms with Crippen molar-refractivity contribution in [3.63, 3.8) is 0 Å². The summed E-state index contributed by atoms with van der Waals surface area (Å²) in [4.78, 5) is 4.07. The maximum absolute atomic E-state index is 10.2. The van der Waals surface area contributed by atoms with Crippen LogP contribution < -0.4 is 10.6 Å². The van der Waals surface area contributed by atoms with Crippen molar-refractivity contribution in [2.75, 3.05) is 20.1 Å². The molecule has 1 atom stereocenters. The van der Waals surface area contributed by atoms with Crippen molar-refractivity contribution in [2.45, 2.75) is 31.0 Å². The zero-order valence-corrected chi connectivity index (χ0v) is 16.7. The zero-order valence-electron chi connectivity index (χ0n) is 12.9. The third kappa shape index (κ3) is 6.26. The summed E-state index contributed by atoms with van der Waals surface area (Å²) in [7, 11) is 1.64. The van der Waals surface area contributed by atoms with Crippen LogP contribution in [0, 0.1) is 0 Å². The van der Waals surface area contributed by atoms with Crippen LogP contribution in [0.4, 0.5) is 0 Å². The molecule has 2 rings (SSSR count). The molecule has 1 aromatic carbocycles. The molecule has 23 heavy (non-hydrogen) atoms. The van der Waals surface area contributed by atoms with E-state index in [0.29, 0.717) is 28.1 Å². The highest BCUT2D eigenvalue weighted by atomic mass is 127. The Bertz CT molecular complexity index is 533. The van der Waals surface area contributed by atoms with Gasteiger partial charge in [-0.3, -0.25) is 4.99 Å². The first-order valence-corrected chi connectivity index (χ1v) is 7.98. The van der Waals surface area contributed by atoms with Gasteiger partial charge in [0.1, 0.15) is 0 Å². The molecule has 0 bridgehead atoms. The van der Waals surface area contributed by atoms with Crippen molar-refractivity contribution in [1.82, 2.24) is 10.6 Å². The number of aliphatic hydroxyl groups is 2. The lowest BCUT2D eigenvalue weighted by atomic mass is 9.80. The predicted octanol–water partition coefficient (Wildman–Crippen LogP) is 2.72. The van der Waals surface area contributed by atoms with Gasteiger partial charge in [0.05, 0.1) is 11.7 Å². The van der Waals surface area contributed by atoms with E-state index >= 15 is 0 Å². The van der Waals surface area contributed by atoms with Crippen LogP contribution in [0.3, 0.4) is 0 Å². The van der Waals surface area contributed by atoms with E-state index in [4.69, 9.17) is 23.2 Å². The quantitative estimate of drug-likeness (QED) is 0.301. The minimum Gasteiger partial charge on any atom is -0.388 e. The SMILES string of the molecule is CN=C(NCC(O)c1cc(Cl)cc(Cl)c1)NCC1(O)CCC1.I. The predicted molar refractivity (Wildman–Crippen MR) is 105 cm³/mol. The van der Waals surface area contributed by atoms with Crippen LogP contribution in [0.5, 0.6) is 0 Å². The van der Waals surface area contributed by atoms with Gasteiger partial charge in [0.2, 0.25) is 0 Å². The summed E-state index contributed by atoms with van der Waals surface area (Å²) < 4.78 is 0. The Morgan fingerprint density at radius 3 is 2.35 bits per heavy atom. The summed E-state index contributed by atoms with van der Waals surface area (Å²) >= 11 is 11.9. The Kier molecular flexibility index (Phi) is 8.37. The van der Waals surface area contributed by atoms with Crippen LogP contribution in [0.2, 0.25) is 10.0 Å². The minimum absolute atomic E-state index is 0. The van der Waals surface area contributed by atoms with E-state index in [-0.39, 0.29) is 30.5 Å². The van der Waals surface area contributed by atoms with Crippen molar-refractivity contribution in [3.8, 4) is 0 Å². The Labute approximate surface area is 163 Å². The van der Waals surface area contributed by atoms with Gasteiger partial charge in [-0.25, -0.2) is 0 Å². The molecule has 0 aliphatic heterocycles. The summed E-state index contributed by atoms with van der Waals surface area (Å²) in [5, 5.41) is 27.3. The van der Waals surface area contributed by atoms with Gasteiger partial charge in [0.15, 0.2) is 5.96 Å². The van der Waals surface area contributed by atoms with Gasteiger partial charge in [0.25, 0.3) is 0 Å². The molecule has 0 spiro atoms. The van der Waals surface area contributed by atoms with Gasteiger partial charge in [0, 0.05) is 30.2 Å². The molecule has 5 nitrogen and oxygen atoms in total. The number of halogens is 3. The van der Waals surface area contributed by atoms with Gasteiger partial charge in [-0.2, -0.15) is 0 Å². The van der Waals surface area contributed by atoms with Crippen molar-refractivity contribution in [2.24, 2.45) is 4.99 Å². The Balaban J connectivity index is 0.00000264. The van der Waals surface area contributed by atoms with Gasteiger partial charge in [-0.05, 0) is 43.0 Å². The average Bonchev–Trinajstić information content (AvgIpc) is 2.44. The molecule has 1 unspecified atom stereocenters. The highest BCUT2D eigenvalue weighted by Crippen LogP contribution is 2.30. The van der Waals surface area contributed by atoms with E-state index in [0.717, 1.165) is 19.3 Å². The molecule has 0 aromatic heterocycles. The molecule has 0 saturated heterocycles. The second-order valence-electron chi connectivity index (χ2n) is 5.60. The number of aliphatic hydroxyl groups excluding tert-OH is 1. The molecule has 1 aliphatic rings. The fourth-order valence-electron chi connectivity index (χ4n) is 2.31. The van der Waals surface area contributed by atoms with E-state index in [1.165, 1.54) is 0 Å². The summed E-state index contributed by atoms with van der Waals surface area (Å²) in [6, 6.07) is 4.96. The molecule has 4 N–H and O–H groups in total. The van der Waals surface area contributed by atoms with Crippen LogP contribution >= 0.6 is 47.2 Å². The normalized spacial score (nSPS) is 17.7. The van der Waals surface area contributed by atoms with Crippen LogP contribution in [0.1, 0.15) is 30.9 Å². The lowest BCUT2D eigenvalue weighted by molar-refractivity contribution is -0.0279.